The molecule has 1 aliphatic rings. The van der Waals surface area contributed by atoms with Gasteiger partial charge < -0.3 is 16.4 Å². The van der Waals surface area contributed by atoms with Crippen LogP contribution in [0.5, 0.6) is 0 Å². The van der Waals surface area contributed by atoms with Crippen molar-refractivity contribution in [2.75, 3.05) is 32.7 Å². The van der Waals surface area contributed by atoms with Crippen LogP contribution >= 0.6 is 0 Å². The molecule has 7 heteroatoms. The number of nitrogens with zero attached hydrogens (tertiary/aromatic N) is 3. The Hall–Kier alpha value is -2.15. The lowest BCUT2D eigenvalue weighted by Gasteiger charge is -2.32. The Kier molecular flexibility index (Phi) is 7.66. The number of aromatic nitrogens is 1. The summed E-state index contributed by atoms with van der Waals surface area (Å²) in [7, 11) is 0. The molecule has 138 valence electrons. The fourth-order valence-corrected chi connectivity index (χ4v) is 2.91. The van der Waals surface area contributed by atoms with Gasteiger partial charge in [-0.05, 0) is 44.7 Å². The number of aliphatic imine (C=N–C) groups is 1. The summed E-state index contributed by atoms with van der Waals surface area (Å²) < 4.78 is 0. The van der Waals surface area contributed by atoms with Gasteiger partial charge in [-0.3, -0.25) is 19.7 Å². The van der Waals surface area contributed by atoms with E-state index in [1.54, 1.807) is 0 Å². The van der Waals surface area contributed by atoms with Crippen molar-refractivity contribution in [1.82, 2.24) is 20.5 Å². The molecule has 1 aromatic heterocycles. The van der Waals surface area contributed by atoms with Crippen molar-refractivity contribution in [3.05, 3.63) is 29.6 Å². The van der Waals surface area contributed by atoms with Crippen LogP contribution in [0, 0.1) is 6.92 Å². The summed E-state index contributed by atoms with van der Waals surface area (Å²) >= 11 is 0. The number of piperidine rings is 1. The molecule has 25 heavy (non-hydrogen) atoms. The average molecular weight is 346 g/mol. The second kappa shape index (κ2) is 9.98. The maximum absolute atomic E-state index is 11.0. The van der Waals surface area contributed by atoms with Gasteiger partial charge in [-0.1, -0.05) is 6.07 Å². The number of nitrogens with two attached hydrogens (primary N) is 1. The molecule has 2 heterocycles. The summed E-state index contributed by atoms with van der Waals surface area (Å²) in [5.41, 5.74) is 7.49. The zero-order valence-electron chi connectivity index (χ0n) is 15.3. The van der Waals surface area contributed by atoms with E-state index < -0.39 is 0 Å². The Balaban J connectivity index is 1.79. The summed E-state index contributed by atoms with van der Waals surface area (Å²) in [6, 6.07) is 4.51. The highest BCUT2D eigenvalue weighted by atomic mass is 16.1. The lowest BCUT2D eigenvalue weighted by atomic mass is 10.1. The number of hydrogen-bond acceptors (Lipinski definition) is 4. The van der Waals surface area contributed by atoms with E-state index >= 15 is 0 Å². The highest BCUT2D eigenvalue weighted by Crippen LogP contribution is 2.09. The molecule has 0 bridgehead atoms. The summed E-state index contributed by atoms with van der Waals surface area (Å²) in [4.78, 5) is 22.1. The van der Waals surface area contributed by atoms with Gasteiger partial charge in [0.2, 0.25) is 5.91 Å². The first-order valence-electron chi connectivity index (χ1n) is 9.04. The van der Waals surface area contributed by atoms with Gasteiger partial charge in [0, 0.05) is 44.1 Å². The summed E-state index contributed by atoms with van der Waals surface area (Å²) in [5, 5.41) is 6.81. The van der Waals surface area contributed by atoms with Crippen molar-refractivity contribution < 1.29 is 4.79 Å². The van der Waals surface area contributed by atoms with Crippen molar-refractivity contribution >= 4 is 11.9 Å². The third-order valence-corrected chi connectivity index (χ3v) is 4.30. The first-order valence-corrected chi connectivity index (χ1v) is 9.04. The normalized spacial score (nSPS) is 16.6. The topological polar surface area (TPSA) is 95.6 Å². The first-order chi connectivity index (χ1) is 12.1. The fourth-order valence-electron chi connectivity index (χ4n) is 2.91. The number of guanidine groups is 1. The van der Waals surface area contributed by atoms with E-state index in [0.717, 1.165) is 57.1 Å². The van der Waals surface area contributed by atoms with Crippen molar-refractivity contribution in [1.29, 1.82) is 0 Å². The third-order valence-electron chi connectivity index (χ3n) is 4.30. The zero-order valence-corrected chi connectivity index (χ0v) is 15.3. The first kappa shape index (κ1) is 19.2. The number of carbonyl (C=O) groups excluding carboxylic acids is 1. The van der Waals surface area contributed by atoms with Crippen LogP contribution in [0.15, 0.2) is 23.3 Å². The Labute approximate surface area is 150 Å². The van der Waals surface area contributed by atoms with Crippen LogP contribution in [-0.4, -0.2) is 60.5 Å². The molecule has 0 saturated carbocycles. The molecule has 0 aromatic carbocycles. The minimum absolute atomic E-state index is 0.257. The second-order valence-corrected chi connectivity index (χ2v) is 6.48. The van der Waals surface area contributed by atoms with Gasteiger partial charge in [-0.15, -0.1) is 0 Å². The number of rotatable bonds is 7. The molecule has 1 aliphatic heterocycles. The number of nitrogens with one attached hydrogen (secondary N) is 2. The van der Waals surface area contributed by atoms with Crippen LogP contribution in [0.1, 0.15) is 31.0 Å². The SMILES string of the molecule is CCNC(=NCCc1ccc(C)nc1)NC1CCN(CC(N)=O)CC1. The predicted octanol–water partition coefficient (Wildman–Crippen LogP) is 0.437. The Morgan fingerprint density at radius 3 is 2.76 bits per heavy atom. The van der Waals surface area contributed by atoms with Gasteiger partial charge in [0.25, 0.3) is 0 Å². The average Bonchev–Trinajstić information content (AvgIpc) is 2.58. The molecule has 1 aromatic rings. The molecule has 0 spiro atoms. The molecule has 7 nitrogen and oxygen atoms in total. The number of aryl methyl sites for hydroxylation is 1. The Morgan fingerprint density at radius 1 is 1.40 bits per heavy atom. The fraction of sp³-hybridized carbons (Fsp3) is 0.611. The molecular formula is C18H30N6O. The third kappa shape index (κ3) is 7.09. The van der Waals surface area contributed by atoms with Gasteiger partial charge in [-0.25, -0.2) is 0 Å². The van der Waals surface area contributed by atoms with Crippen LogP contribution in [0.3, 0.4) is 0 Å². The van der Waals surface area contributed by atoms with E-state index in [-0.39, 0.29) is 5.91 Å². The smallest absolute Gasteiger partial charge is 0.231 e. The van der Waals surface area contributed by atoms with Gasteiger partial charge in [-0.2, -0.15) is 0 Å². The van der Waals surface area contributed by atoms with E-state index in [4.69, 9.17) is 5.73 Å². The van der Waals surface area contributed by atoms with Crippen LogP contribution in [0.4, 0.5) is 0 Å². The molecule has 1 amide bonds. The molecular weight excluding hydrogens is 316 g/mol. The molecule has 0 radical (unpaired) electrons. The second-order valence-electron chi connectivity index (χ2n) is 6.48. The lowest BCUT2D eigenvalue weighted by Crippen LogP contribution is -2.49. The number of primary amides is 1. The van der Waals surface area contributed by atoms with E-state index in [9.17, 15) is 4.79 Å². The monoisotopic (exact) mass is 346 g/mol. The van der Waals surface area contributed by atoms with Gasteiger partial charge >= 0.3 is 0 Å². The highest BCUT2D eigenvalue weighted by Gasteiger charge is 2.20. The van der Waals surface area contributed by atoms with Crippen LogP contribution in [-0.2, 0) is 11.2 Å². The Morgan fingerprint density at radius 2 is 2.16 bits per heavy atom. The molecule has 2 rings (SSSR count). The molecule has 0 unspecified atom stereocenters. The Bertz CT molecular complexity index is 563. The molecule has 1 saturated heterocycles. The zero-order chi connectivity index (χ0) is 18.1. The minimum Gasteiger partial charge on any atom is -0.369 e. The maximum atomic E-state index is 11.0. The summed E-state index contributed by atoms with van der Waals surface area (Å²) in [6.45, 7) is 7.73. The number of carbonyl (C=O) groups is 1. The quantitative estimate of drug-likeness (QED) is 0.492. The van der Waals surface area contributed by atoms with Crippen molar-refractivity contribution in [2.24, 2.45) is 10.7 Å². The van der Waals surface area contributed by atoms with Crippen molar-refractivity contribution in [2.45, 2.75) is 39.2 Å². The maximum Gasteiger partial charge on any atom is 0.231 e. The number of likely N-dealkylation sites (tertiary alicyclic amines) is 1. The molecule has 4 N–H and O–H groups in total. The molecule has 1 fully saturated rings. The van der Waals surface area contributed by atoms with Crippen LogP contribution in [0.2, 0.25) is 0 Å². The number of amides is 1. The summed E-state index contributed by atoms with van der Waals surface area (Å²) in [6.07, 6.45) is 4.76. The largest absolute Gasteiger partial charge is 0.369 e. The van der Waals surface area contributed by atoms with Crippen molar-refractivity contribution in [3.63, 3.8) is 0 Å². The van der Waals surface area contributed by atoms with Gasteiger partial charge in [0.05, 0.1) is 6.54 Å². The van der Waals surface area contributed by atoms with E-state index in [1.807, 2.05) is 19.2 Å². The van der Waals surface area contributed by atoms with E-state index in [2.05, 4.69) is 38.5 Å². The molecule has 0 aliphatic carbocycles. The van der Waals surface area contributed by atoms with Crippen molar-refractivity contribution in [3.8, 4) is 0 Å². The van der Waals surface area contributed by atoms with Crippen LogP contribution < -0.4 is 16.4 Å². The van der Waals surface area contributed by atoms with E-state index in [1.165, 1.54) is 5.56 Å². The molecule has 0 atom stereocenters. The number of pyridine rings is 1. The lowest BCUT2D eigenvalue weighted by molar-refractivity contribution is -0.119. The van der Waals surface area contributed by atoms with Gasteiger partial charge in [0.1, 0.15) is 0 Å². The van der Waals surface area contributed by atoms with E-state index in [0.29, 0.717) is 12.6 Å². The number of hydrogen-bond donors (Lipinski definition) is 3. The van der Waals surface area contributed by atoms with Crippen LogP contribution in [0.25, 0.3) is 0 Å². The predicted molar refractivity (Wildman–Crippen MR) is 100 cm³/mol. The standard InChI is InChI=1S/C18H30N6O/c1-3-20-18(21-9-6-15-5-4-14(2)22-12-15)23-16-7-10-24(11-8-16)13-17(19)25/h4-5,12,16H,3,6-11,13H2,1-2H3,(H2,19,25)(H2,20,21,23). The minimum atomic E-state index is -0.257. The highest BCUT2D eigenvalue weighted by molar-refractivity contribution is 5.80. The van der Waals surface area contributed by atoms with Gasteiger partial charge in [0.15, 0.2) is 5.96 Å². The summed E-state index contributed by atoms with van der Waals surface area (Å²) in [5.74, 6) is 0.600.